The molecule has 0 aromatic carbocycles. The Bertz CT molecular complexity index is 889. The van der Waals surface area contributed by atoms with Crippen molar-refractivity contribution in [3.8, 4) is 0 Å². The summed E-state index contributed by atoms with van der Waals surface area (Å²) in [6.45, 7) is 5.99. The average molecular weight is 444 g/mol. The number of hydrogen-bond acceptors (Lipinski definition) is 6. The zero-order valence-corrected chi connectivity index (χ0v) is 19.0. The predicted molar refractivity (Wildman–Crippen MR) is 112 cm³/mol. The number of nitrogens with one attached hydrogen (secondary N) is 2. The lowest BCUT2D eigenvalue weighted by Crippen LogP contribution is -2.59. The summed E-state index contributed by atoms with van der Waals surface area (Å²) in [6.07, 6.45) is 5.87. The number of allylic oxidation sites excluding steroid dienone is 1. The average Bonchev–Trinajstić information content (AvgIpc) is 2.87. The zero-order valence-electron chi connectivity index (χ0n) is 18.2. The summed E-state index contributed by atoms with van der Waals surface area (Å²) in [5.41, 5.74) is 2.02. The molecule has 0 saturated heterocycles. The van der Waals surface area contributed by atoms with Crippen molar-refractivity contribution >= 4 is 15.7 Å². The van der Waals surface area contributed by atoms with Gasteiger partial charge in [0.1, 0.15) is 6.17 Å². The van der Waals surface area contributed by atoms with E-state index in [2.05, 4.69) is 29.3 Å². The fourth-order valence-corrected chi connectivity index (χ4v) is 7.56. The molecule has 0 spiro atoms. The van der Waals surface area contributed by atoms with Crippen LogP contribution >= 0.6 is 0 Å². The number of hydroxylamine groups is 1. The molecule has 4 aliphatic rings. The molecule has 0 radical (unpaired) electrons. The summed E-state index contributed by atoms with van der Waals surface area (Å²) in [6, 6.07) is -0.584. The molecule has 9 heteroatoms. The molecule has 170 valence electrons. The van der Waals surface area contributed by atoms with E-state index in [0.29, 0.717) is 25.0 Å². The van der Waals surface area contributed by atoms with Crippen molar-refractivity contribution in [1.82, 2.24) is 10.3 Å². The normalized spacial score (nSPS) is 49.8. The topological polar surface area (TPSA) is 111 Å². The van der Waals surface area contributed by atoms with E-state index in [9.17, 15) is 18.7 Å². The van der Waals surface area contributed by atoms with E-state index in [1.807, 2.05) is 13.0 Å². The van der Waals surface area contributed by atoms with Crippen LogP contribution in [0.1, 0.15) is 59.3 Å². The van der Waals surface area contributed by atoms with Gasteiger partial charge in [-0.2, -0.15) is 10.6 Å². The van der Waals surface area contributed by atoms with Crippen molar-refractivity contribution in [2.75, 3.05) is 6.26 Å². The molecule has 4 N–H and O–H groups in total. The first-order valence-electron chi connectivity index (χ1n) is 10.8. The Kier molecular flexibility index (Phi) is 5.16. The number of sulfonamides is 1. The van der Waals surface area contributed by atoms with Gasteiger partial charge < -0.3 is 10.3 Å². The number of nitrogens with zero attached hydrogens (tertiary/aromatic N) is 1. The molecule has 0 aromatic heterocycles. The van der Waals surface area contributed by atoms with Gasteiger partial charge in [-0.3, -0.25) is 0 Å². The number of fused-ring (bicyclic) bond motifs is 5. The van der Waals surface area contributed by atoms with Crippen LogP contribution in [0.15, 0.2) is 16.8 Å². The minimum absolute atomic E-state index is 0.182. The van der Waals surface area contributed by atoms with Gasteiger partial charge in [-0.05, 0) is 68.8 Å². The highest BCUT2D eigenvalue weighted by atomic mass is 32.2. The molecular weight excluding hydrogens is 409 g/mol. The van der Waals surface area contributed by atoms with Crippen LogP contribution in [-0.4, -0.2) is 48.5 Å². The Morgan fingerprint density at radius 2 is 1.93 bits per heavy atom. The van der Waals surface area contributed by atoms with Gasteiger partial charge in [-0.15, -0.1) is 0 Å². The summed E-state index contributed by atoms with van der Waals surface area (Å²) in [5.74, 6) is 0.275. The molecule has 0 aliphatic heterocycles. The molecule has 3 saturated carbocycles. The first-order chi connectivity index (χ1) is 13.8. The highest BCUT2D eigenvalue weighted by Crippen LogP contribution is 2.67. The number of aliphatic hydroxyl groups is 1. The molecule has 0 heterocycles. The Morgan fingerprint density at radius 3 is 2.57 bits per heavy atom. The van der Waals surface area contributed by atoms with Gasteiger partial charge in [0.15, 0.2) is 0 Å². The molecule has 0 aromatic rings. The van der Waals surface area contributed by atoms with Crippen molar-refractivity contribution in [2.24, 2.45) is 33.7 Å². The number of alkyl halides is 1. The summed E-state index contributed by atoms with van der Waals surface area (Å²) in [5, 5.41) is 24.7. The molecule has 0 amide bonds. The molecular formula is C21H34FN3O4S. The van der Waals surface area contributed by atoms with E-state index < -0.39 is 38.7 Å². The molecule has 0 bridgehead atoms. The van der Waals surface area contributed by atoms with Gasteiger partial charge in [-0.25, -0.2) is 17.6 Å². The summed E-state index contributed by atoms with van der Waals surface area (Å²) in [4.78, 5) is 2.14. The standard InChI is InChI=1S/C21H34FN3O4S/c1-19-11-17(24-27)16(23-25-30(4,28)29)9-12(19)5-6-13-14-7-8-21(3,26)20(14,2)10-15(22)18(13)19/h9,13-15,17-18,24-27H,5-8,10-11H2,1-4H3/t13-,14-,15?,17?,18-,19-,20-,21?/m0/s1. The van der Waals surface area contributed by atoms with Crippen molar-refractivity contribution in [1.29, 1.82) is 0 Å². The lowest BCUT2D eigenvalue weighted by molar-refractivity contribution is -0.147. The molecule has 7 nitrogen and oxygen atoms in total. The Morgan fingerprint density at radius 1 is 1.23 bits per heavy atom. The largest absolute Gasteiger partial charge is 0.390 e. The first-order valence-corrected chi connectivity index (χ1v) is 12.7. The smallest absolute Gasteiger partial charge is 0.244 e. The van der Waals surface area contributed by atoms with Crippen molar-refractivity contribution in [2.45, 2.75) is 77.1 Å². The van der Waals surface area contributed by atoms with Gasteiger partial charge in [0, 0.05) is 11.3 Å². The second-order valence-electron chi connectivity index (χ2n) is 10.7. The highest BCUT2D eigenvalue weighted by Gasteiger charge is 2.65. The van der Waals surface area contributed by atoms with Gasteiger partial charge in [0.05, 0.1) is 23.6 Å². The lowest BCUT2D eigenvalue weighted by atomic mass is 9.45. The first kappa shape index (κ1) is 22.2. The monoisotopic (exact) mass is 443 g/mol. The third kappa shape index (κ3) is 3.24. The molecule has 4 rings (SSSR count). The van der Waals surface area contributed by atoms with E-state index in [0.717, 1.165) is 31.1 Å². The molecule has 3 unspecified atom stereocenters. The van der Waals surface area contributed by atoms with Crippen LogP contribution in [0.25, 0.3) is 0 Å². The number of hydrazone groups is 1. The van der Waals surface area contributed by atoms with Crippen LogP contribution < -0.4 is 10.3 Å². The second-order valence-corrected chi connectivity index (χ2v) is 12.4. The summed E-state index contributed by atoms with van der Waals surface area (Å²) >= 11 is 0. The third-order valence-electron chi connectivity index (χ3n) is 9.00. The van der Waals surface area contributed by atoms with Crippen molar-refractivity contribution < 1.29 is 23.1 Å². The van der Waals surface area contributed by atoms with Crippen LogP contribution in [0, 0.1) is 28.6 Å². The summed E-state index contributed by atoms with van der Waals surface area (Å²) in [7, 11) is -3.52. The minimum atomic E-state index is -3.52. The maximum absolute atomic E-state index is 15.9. The van der Waals surface area contributed by atoms with Gasteiger partial charge in [0.2, 0.25) is 10.0 Å². The highest BCUT2D eigenvalue weighted by molar-refractivity contribution is 7.88. The Hall–Kier alpha value is -1.03. The Balaban J connectivity index is 1.71. The summed E-state index contributed by atoms with van der Waals surface area (Å²) < 4.78 is 38.7. The fraction of sp³-hybridized carbons (Fsp3) is 0.857. The van der Waals surface area contributed by atoms with Crippen LogP contribution in [-0.2, 0) is 10.0 Å². The van der Waals surface area contributed by atoms with Crippen molar-refractivity contribution in [3.05, 3.63) is 11.6 Å². The maximum Gasteiger partial charge on any atom is 0.244 e. The predicted octanol–water partition coefficient (Wildman–Crippen LogP) is 2.51. The van der Waals surface area contributed by atoms with E-state index in [4.69, 9.17) is 0 Å². The Labute approximate surface area is 178 Å². The van der Waals surface area contributed by atoms with E-state index in [1.54, 1.807) is 0 Å². The fourth-order valence-electron chi connectivity index (χ4n) is 7.29. The van der Waals surface area contributed by atoms with E-state index in [-0.39, 0.29) is 17.8 Å². The maximum atomic E-state index is 15.9. The molecule has 3 fully saturated rings. The number of hydrogen-bond donors (Lipinski definition) is 4. The lowest BCUT2D eigenvalue weighted by Gasteiger charge is -2.60. The van der Waals surface area contributed by atoms with E-state index in [1.165, 1.54) is 0 Å². The van der Waals surface area contributed by atoms with Crippen LogP contribution in [0.4, 0.5) is 4.39 Å². The minimum Gasteiger partial charge on any atom is -0.390 e. The van der Waals surface area contributed by atoms with E-state index >= 15 is 4.39 Å². The SMILES string of the molecule is CC1(O)CC[C@H]2[C@@H]3CCC4=CC(=NNS(C)(=O)=O)C(NO)C[C@]4(C)[C@@H]3C(F)C[C@@]21C. The van der Waals surface area contributed by atoms with Crippen molar-refractivity contribution in [3.63, 3.8) is 0 Å². The van der Waals surface area contributed by atoms with Crippen LogP contribution in [0.3, 0.4) is 0 Å². The third-order valence-corrected chi connectivity index (χ3v) is 9.42. The number of halogens is 1. The second kappa shape index (κ2) is 6.98. The van der Waals surface area contributed by atoms with Gasteiger partial charge >= 0.3 is 0 Å². The van der Waals surface area contributed by atoms with Gasteiger partial charge in [0.25, 0.3) is 0 Å². The van der Waals surface area contributed by atoms with Crippen LogP contribution in [0.2, 0.25) is 0 Å². The number of rotatable bonds is 3. The van der Waals surface area contributed by atoms with Gasteiger partial charge in [-0.1, -0.05) is 19.4 Å². The molecule has 4 aliphatic carbocycles. The quantitative estimate of drug-likeness (QED) is 0.501. The molecule has 30 heavy (non-hydrogen) atoms. The molecule has 8 atom stereocenters. The zero-order chi connectivity index (χ0) is 22.1. The van der Waals surface area contributed by atoms with Crippen LogP contribution in [0.5, 0.6) is 0 Å².